The minimum absolute atomic E-state index is 0.235. The van der Waals surface area contributed by atoms with Crippen molar-refractivity contribution < 1.29 is 4.79 Å². The number of pyridine rings is 1. The van der Waals surface area contributed by atoms with Crippen molar-refractivity contribution in [3.63, 3.8) is 0 Å². The smallest absolute Gasteiger partial charge is 0.223 e. The van der Waals surface area contributed by atoms with Gasteiger partial charge in [0.2, 0.25) is 5.91 Å². The molecule has 0 spiro atoms. The van der Waals surface area contributed by atoms with Gasteiger partial charge in [0.05, 0.1) is 5.69 Å². The molecular formula is C27H29N5O. The van der Waals surface area contributed by atoms with Crippen LogP contribution in [0.1, 0.15) is 43.8 Å². The zero-order valence-corrected chi connectivity index (χ0v) is 18.7. The maximum atomic E-state index is 12.7. The molecule has 1 unspecified atom stereocenters. The molecule has 1 aromatic carbocycles. The average molecular weight is 440 g/mol. The molecule has 1 aliphatic heterocycles. The van der Waals surface area contributed by atoms with Crippen LogP contribution < -0.4 is 5.32 Å². The van der Waals surface area contributed by atoms with Crippen molar-refractivity contribution in [3.8, 4) is 11.3 Å². The van der Waals surface area contributed by atoms with E-state index in [2.05, 4.69) is 22.5 Å². The van der Waals surface area contributed by atoms with E-state index >= 15 is 0 Å². The number of carbonyl (C=O) groups excluding carboxylic acids is 1. The van der Waals surface area contributed by atoms with Gasteiger partial charge in [-0.05, 0) is 55.9 Å². The Labute approximate surface area is 194 Å². The Morgan fingerprint density at radius 3 is 2.52 bits per heavy atom. The summed E-state index contributed by atoms with van der Waals surface area (Å²) in [6.45, 7) is 1.54. The zero-order chi connectivity index (χ0) is 22.5. The van der Waals surface area contributed by atoms with Crippen LogP contribution in [-0.2, 0) is 4.79 Å². The van der Waals surface area contributed by atoms with E-state index in [1.807, 2.05) is 53.4 Å². The molecule has 0 saturated carbocycles. The number of rotatable bonds is 6. The predicted molar refractivity (Wildman–Crippen MR) is 130 cm³/mol. The highest BCUT2D eigenvalue weighted by molar-refractivity contribution is 5.77. The van der Waals surface area contributed by atoms with E-state index in [1.54, 1.807) is 12.4 Å². The number of benzene rings is 1. The van der Waals surface area contributed by atoms with Crippen LogP contribution in [0.3, 0.4) is 0 Å². The van der Waals surface area contributed by atoms with E-state index in [1.165, 1.54) is 0 Å². The molecule has 3 heterocycles. The normalized spacial score (nSPS) is 18.4. The fraction of sp³-hybridized carbons (Fsp3) is 0.333. The summed E-state index contributed by atoms with van der Waals surface area (Å²) in [6.07, 6.45) is 12.6. The Morgan fingerprint density at radius 1 is 1.00 bits per heavy atom. The number of hydrogen-bond acceptors (Lipinski definition) is 5. The predicted octanol–water partition coefficient (Wildman–Crippen LogP) is 5.34. The standard InChI is InChI=1S/C27H29N5O/c33-26(18-20-6-4-5-7-20)32-16-12-22(13-17-32)27-30-24(21-10-14-28-15-11-21)19-25(31-27)29-23-8-2-1-3-9-23/h1-4,6,8-11,14-15,19-20,22H,5,7,12-13,16-18H2,(H,29,30,31). The van der Waals surface area contributed by atoms with Gasteiger partial charge in [-0.15, -0.1) is 0 Å². The van der Waals surface area contributed by atoms with Crippen LogP contribution in [0, 0.1) is 5.92 Å². The summed E-state index contributed by atoms with van der Waals surface area (Å²) in [5.74, 6) is 2.56. The molecule has 1 fully saturated rings. The molecular weight excluding hydrogens is 410 g/mol. The first-order valence-corrected chi connectivity index (χ1v) is 11.8. The van der Waals surface area contributed by atoms with Crippen LogP contribution in [0.2, 0.25) is 0 Å². The van der Waals surface area contributed by atoms with Crippen LogP contribution in [0.4, 0.5) is 11.5 Å². The summed E-state index contributed by atoms with van der Waals surface area (Å²) < 4.78 is 0. The van der Waals surface area contributed by atoms with Crippen LogP contribution in [0.5, 0.6) is 0 Å². The average Bonchev–Trinajstić information content (AvgIpc) is 3.38. The van der Waals surface area contributed by atoms with E-state index in [-0.39, 0.29) is 11.8 Å². The van der Waals surface area contributed by atoms with Crippen LogP contribution >= 0.6 is 0 Å². The first-order chi connectivity index (χ1) is 16.2. The third-order valence-electron chi connectivity index (χ3n) is 6.53. The van der Waals surface area contributed by atoms with Crippen LogP contribution in [0.25, 0.3) is 11.3 Å². The first-order valence-electron chi connectivity index (χ1n) is 11.8. The molecule has 6 nitrogen and oxygen atoms in total. The maximum Gasteiger partial charge on any atom is 0.223 e. The van der Waals surface area contributed by atoms with Gasteiger partial charge in [0.1, 0.15) is 11.6 Å². The lowest BCUT2D eigenvalue weighted by Crippen LogP contribution is -2.38. The first kappa shape index (κ1) is 21.3. The Kier molecular flexibility index (Phi) is 6.42. The molecule has 3 aromatic rings. The molecule has 1 amide bonds. The van der Waals surface area contributed by atoms with Crippen LogP contribution in [-0.4, -0.2) is 38.8 Å². The minimum Gasteiger partial charge on any atom is -0.343 e. The SMILES string of the molecule is O=C(CC1C=CCC1)N1CCC(c2nc(Nc3ccccc3)cc(-c3ccncc3)n2)CC1. The molecule has 6 heteroatoms. The maximum absolute atomic E-state index is 12.7. The van der Waals surface area contributed by atoms with Gasteiger partial charge in [0, 0.05) is 55.1 Å². The van der Waals surface area contributed by atoms with Crippen molar-refractivity contribution in [2.45, 2.75) is 38.0 Å². The van der Waals surface area contributed by atoms with Gasteiger partial charge in [0.15, 0.2) is 0 Å². The second-order valence-electron chi connectivity index (χ2n) is 8.85. The molecule has 2 aromatic heterocycles. The number of para-hydroxylation sites is 1. The van der Waals surface area contributed by atoms with Crippen molar-refractivity contribution >= 4 is 17.4 Å². The van der Waals surface area contributed by atoms with Gasteiger partial charge in [0.25, 0.3) is 0 Å². The number of amides is 1. The third-order valence-corrected chi connectivity index (χ3v) is 6.53. The summed E-state index contributed by atoms with van der Waals surface area (Å²) in [5, 5.41) is 3.42. The Bertz CT molecular complexity index is 1110. The van der Waals surface area contributed by atoms with Gasteiger partial charge in [-0.1, -0.05) is 30.4 Å². The fourth-order valence-corrected chi connectivity index (χ4v) is 4.66. The van der Waals surface area contributed by atoms with E-state index in [0.717, 1.165) is 67.4 Å². The number of piperidine rings is 1. The van der Waals surface area contributed by atoms with Gasteiger partial charge in [-0.3, -0.25) is 9.78 Å². The number of nitrogens with zero attached hydrogens (tertiary/aromatic N) is 4. The molecule has 5 rings (SSSR count). The largest absolute Gasteiger partial charge is 0.343 e. The van der Waals surface area contributed by atoms with Gasteiger partial charge in [-0.2, -0.15) is 0 Å². The third kappa shape index (κ3) is 5.28. The zero-order valence-electron chi connectivity index (χ0n) is 18.7. The van der Waals surface area contributed by atoms with E-state index in [4.69, 9.17) is 9.97 Å². The molecule has 168 valence electrons. The molecule has 1 aliphatic carbocycles. The number of aromatic nitrogens is 3. The topological polar surface area (TPSA) is 71.0 Å². The van der Waals surface area contributed by atoms with E-state index < -0.39 is 0 Å². The molecule has 1 N–H and O–H groups in total. The molecule has 0 radical (unpaired) electrons. The minimum atomic E-state index is 0.235. The number of hydrogen-bond donors (Lipinski definition) is 1. The van der Waals surface area contributed by atoms with E-state index in [0.29, 0.717) is 12.3 Å². The number of nitrogens with one attached hydrogen (secondary N) is 1. The second-order valence-corrected chi connectivity index (χ2v) is 8.85. The highest BCUT2D eigenvalue weighted by Crippen LogP contribution is 2.31. The summed E-state index contributed by atoms with van der Waals surface area (Å²) in [4.78, 5) is 28.7. The highest BCUT2D eigenvalue weighted by Gasteiger charge is 2.27. The van der Waals surface area contributed by atoms with Gasteiger partial charge < -0.3 is 10.2 Å². The Morgan fingerprint density at radius 2 is 1.79 bits per heavy atom. The number of anilines is 2. The fourth-order valence-electron chi connectivity index (χ4n) is 4.66. The highest BCUT2D eigenvalue weighted by atomic mass is 16.2. The molecule has 1 atom stereocenters. The number of carbonyl (C=O) groups is 1. The van der Waals surface area contributed by atoms with E-state index in [9.17, 15) is 4.79 Å². The Hall–Kier alpha value is -3.54. The molecule has 0 bridgehead atoms. The molecule has 2 aliphatic rings. The summed E-state index contributed by atoms with van der Waals surface area (Å²) in [7, 11) is 0. The van der Waals surface area contributed by atoms with Gasteiger partial charge >= 0.3 is 0 Å². The lowest BCUT2D eigenvalue weighted by atomic mass is 9.94. The number of allylic oxidation sites excluding steroid dienone is 2. The second kappa shape index (κ2) is 9.94. The van der Waals surface area contributed by atoms with Crippen molar-refractivity contribution in [2.75, 3.05) is 18.4 Å². The van der Waals surface area contributed by atoms with Crippen molar-refractivity contribution in [1.29, 1.82) is 0 Å². The van der Waals surface area contributed by atoms with Crippen molar-refractivity contribution in [3.05, 3.63) is 78.9 Å². The molecule has 33 heavy (non-hydrogen) atoms. The lowest BCUT2D eigenvalue weighted by Gasteiger charge is -2.32. The lowest BCUT2D eigenvalue weighted by molar-refractivity contribution is -0.132. The summed E-state index contributed by atoms with van der Waals surface area (Å²) >= 11 is 0. The molecule has 1 saturated heterocycles. The summed E-state index contributed by atoms with van der Waals surface area (Å²) in [6, 6.07) is 16.0. The Balaban J connectivity index is 1.33. The van der Waals surface area contributed by atoms with Gasteiger partial charge in [-0.25, -0.2) is 9.97 Å². The van der Waals surface area contributed by atoms with Crippen LogP contribution in [0.15, 0.2) is 73.1 Å². The summed E-state index contributed by atoms with van der Waals surface area (Å²) in [5.41, 5.74) is 2.89. The van der Waals surface area contributed by atoms with Crippen molar-refractivity contribution in [1.82, 2.24) is 19.9 Å². The monoisotopic (exact) mass is 439 g/mol. The quantitative estimate of drug-likeness (QED) is 0.525. The van der Waals surface area contributed by atoms with Crippen molar-refractivity contribution in [2.24, 2.45) is 5.92 Å². The number of likely N-dealkylation sites (tertiary alicyclic amines) is 1.